The normalized spacial score (nSPS) is 21.3. The SMILES string of the molecule is CN(C)C(=O)c1ccc(NC2CCCCC2(C)C)nn1. The van der Waals surface area contributed by atoms with Gasteiger partial charge in [-0.25, -0.2) is 0 Å². The van der Waals surface area contributed by atoms with E-state index in [9.17, 15) is 4.79 Å². The van der Waals surface area contributed by atoms with Crippen molar-refractivity contribution in [1.82, 2.24) is 15.1 Å². The summed E-state index contributed by atoms with van der Waals surface area (Å²) in [5.74, 6) is 0.627. The molecule has 0 bridgehead atoms. The zero-order valence-electron chi connectivity index (χ0n) is 12.8. The third kappa shape index (κ3) is 3.26. The molecule has 110 valence electrons. The number of carbonyl (C=O) groups excluding carboxylic acids is 1. The fourth-order valence-electron chi connectivity index (χ4n) is 2.69. The maximum absolute atomic E-state index is 11.8. The molecule has 5 nitrogen and oxygen atoms in total. The van der Waals surface area contributed by atoms with Crippen LogP contribution < -0.4 is 5.32 Å². The third-order valence-corrected chi connectivity index (χ3v) is 4.12. The molecule has 0 saturated heterocycles. The van der Waals surface area contributed by atoms with Crippen LogP contribution in [0, 0.1) is 5.41 Å². The Balaban J connectivity index is 2.05. The molecule has 1 aromatic heterocycles. The van der Waals surface area contributed by atoms with E-state index in [2.05, 4.69) is 29.4 Å². The first kappa shape index (κ1) is 14.8. The van der Waals surface area contributed by atoms with Gasteiger partial charge in [0.25, 0.3) is 5.91 Å². The van der Waals surface area contributed by atoms with Crippen molar-refractivity contribution in [3.8, 4) is 0 Å². The largest absolute Gasteiger partial charge is 0.365 e. The number of amides is 1. The molecule has 1 heterocycles. The van der Waals surface area contributed by atoms with Crippen LogP contribution in [0.1, 0.15) is 50.0 Å². The standard InChI is InChI=1S/C15H24N4O/c1-15(2)10-6-5-7-12(15)16-13-9-8-11(17-18-13)14(20)19(3)4/h8-9,12H,5-7,10H2,1-4H3,(H,16,18). The summed E-state index contributed by atoms with van der Waals surface area (Å²) in [6.07, 6.45) is 4.95. The van der Waals surface area contributed by atoms with Gasteiger partial charge in [0, 0.05) is 20.1 Å². The molecule has 20 heavy (non-hydrogen) atoms. The Morgan fingerprint density at radius 2 is 2.05 bits per heavy atom. The summed E-state index contributed by atoms with van der Waals surface area (Å²) in [4.78, 5) is 13.3. The Morgan fingerprint density at radius 3 is 2.60 bits per heavy atom. The highest BCUT2D eigenvalue weighted by atomic mass is 16.2. The van der Waals surface area contributed by atoms with Gasteiger partial charge in [0.2, 0.25) is 0 Å². The highest BCUT2D eigenvalue weighted by Crippen LogP contribution is 2.36. The quantitative estimate of drug-likeness (QED) is 0.921. The van der Waals surface area contributed by atoms with Crippen LogP contribution in [0.15, 0.2) is 12.1 Å². The van der Waals surface area contributed by atoms with Crippen LogP contribution in [0.2, 0.25) is 0 Å². The highest BCUT2D eigenvalue weighted by molar-refractivity contribution is 5.91. The van der Waals surface area contributed by atoms with Crippen molar-refractivity contribution in [1.29, 1.82) is 0 Å². The van der Waals surface area contributed by atoms with Crippen LogP contribution in [0.5, 0.6) is 0 Å². The molecule has 0 aromatic carbocycles. The van der Waals surface area contributed by atoms with Crippen LogP contribution in [0.4, 0.5) is 5.82 Å². The second-order valence-corrected chi connectivity index (χ2v) is 6.43. The second kappa shape index (κ2) is 5.77. The number of hydrogen-bond donors (Lipinski definition) is 1. The first-order valence-electron chi connectivity index (χ1n) is 7.22. The summed E-state index contributed by atoms with van der Waals surface area (Å²) in [6.45, 7) is 4.59. The van der Waals surface area contributed by atoms with Gasteiger partial charge >= 0.3 is 0 Å². The average molecular weight is 276 g/mol. The fourth-order valence-corrected chi connectivity index (χ4v) is 2.69. The number of anilines is 1. The molecule has 5 heteroatoms. The third-order valence-electron chi connectivity index (χ3n) is 4.12. The van der Waals surface area contributed by atoms with Gasteiger partial charge in [0.1, 0.15) is 5.82 Å². The van der Waals surface area contributed by atoms with Gasteiger partial charge in [0.05, 0.1) is 0 Å². The number of carbonyl (C=O) groups is 1. The predicted molar refractivity (Wildman–Crippen MR) is 79.7 cm³/mol. The van der Waals surface area contributed by atoms with Gasteiger partial charge in [-0.15, -0.1) is 10.2 Å². The summed E-state index contributed by atoms with van der Waals surface area (Å²) < 4.78 is 0. The van der Waals surface area contributed by atoms with Crippen molar-refractivity contribution in [3.05, 3.63) is 17.8 Å². The van der Waals surface area contributed by atoms with Gasteiger partial charge in [-0.1, -0.05) is 26.7 Å². The van der Waals surface area contributed by atoms with Gasteiger partial charge < -0.3 is 10.2 Å². The number of hydrogen-bond acceptors (Lipinski definition) is 4. The molecule has 1 unspecified atom stereocenters. The van der Waals surface area contributed by atoms with E-state index in [-0.39, 0.29) is 11.3 Å². The van der Waals surface area contributed by atoms with Crippen LogP contribution in [0.3, 0.4) is 0 Å². The van der Waals surface area contributed by atoms with Crippen molar-refractivity contribution in [3.63, 3.8) is 0 Å². The minimum absolute atomic E-state index is 0.123. The monoisotopic (exact) mass is 276 g/mol. The summed E-state index contributed by atoms with van der Waals surface area (Å²) in [5, 5.41) is 11.6. The molecule has 1 saturated carbocycles. The first-order chi connectivity index (χ1) is 9.40. The molecule has 1 amide bonds. The van der Waals surface area contributed by atoms with Crippen molar-refractivity contribution in [2.24, 2.45) is 5.41 Å². The van der Waals surface area contributed by atoms with Gasteiger partial charge in [-0.05, 0) is 30.4 Å². The zero-order valence-corrected chi connectivity index (χ0v) is 12.8. The molecule has 1 aromatic rings. The Hall–Kier alpha value is -1.65. The summed E-state index contributed by atoms with van der Waals surface area (Å²) in [5.41, 5.74) is 0.654. The van der Waals surface area contributed by atoms with Gasteiger partial charge in [-0.3, -0.25) is 4.79 Å². The number of nitrogens with one attached hydrogen (secondary N) is 1. The highest BCUT2D eigenvalue weighted by Gasteiger charge is 2.32. The van der Waals surface area contributed by atoms with Crippen LogP contribution >= 0.6 is 0 Å². The molecule has 1 atom stereocenters. The maximum atomic E-state index is 11.8. The summed E-state index contributed by atoms with van der Waals surface area (Å²) in [6, 6.07) is 3.99. The van der Waals surface area contributed by atoms with E-state index in [0.29, 0.717) is 11.7 Å². The van der Waals surface area contributed by atoms with Crippen LogP contribution in [0.25, 0.3) is 0 Å². The molecule has 1 N–H and O–H groups in total. The van der Waals surface area contributed by atoms with E-state index < -0.39 is 0 Å². The predicted octanol–water partition coefficient (Wildman–Crippen LogP) is 2.56. The maximum Gasteiger partial charge on any atom is 0.273 e. The molecule has 0 radical (unpaired) electrons. The molecule has 2 rings (SSSR count). The second-order valence-electron chi connectivity index (χ2n) is 6.43. The van der Waals surface area contributed by atoms with E-state index in [1.807, 2.05) is 6.07 Å². The minimum atomic E-state index is -0.123. The zero-order chi connectivity index (χ0) is 14.8. The summed E-state index contributed by atoms with van der Waals surface area (Å²) >= 11 is 0. The fraction of sp³-hybridized carbons (Fsp3) is 0.667. The van der Waals surface area contributed by atoms with E-state index >= 15 is 0 Å². The van der Waals surface area contributed by atoms with Gasteiger partial charge in [-0.2, -0.15) is 0 Å². The van der Waals surface area contributed by atoms with Crippen molar-refractivity contribution in [2.75, 3.05) is 19.4 Å². The molecule has 1 fully saturated rings. The Kier molecular flexibility index (Phi) is 4.26. The average Bonchev–Trinajstić information content (AvgIpc) is 2.41. The summed E-state index contributed by atoms with van der Waals surface area (Å²) in [7, 11) is 3.42. The molecule has 1 aliphatic carbocycles. The van der Waals surface area contributed by atoms with E-state index in [0.717, 1.165) is 12.2 Å². The lowest BCUT2D eigenvalue weighted by Crippen LogP contribution is -2.39. The Bertz CT molecular complexity index is 467. The van der Waals surface area contributed by atoms with Crippen LogP contribution in [-0.2, 0) is 0 Å². The lowest BCUT2D eigenvalue weighted by molar-refractivity contribution is 0.0821. The molecule has 1 aliphatic rings. The number of aromatic nitrogens is 2. The number of rotatable bonds is 3. The lowest BCUT2D eigenvalue weighted by atomic mass is 9.73. The van der Waals surface area contributed by atoms with Crippen molar-refractivity contribution in [2.45, 2.75) is 45.6 Å². The van der Waals surface area contributed by atoms with E-state index in [1.165, 1.54) is 24.2 Å². The Labute approximate surface area is 120 Å². The Morgan fingerprint density at radius 1 is 1.30 bits per heavy atom. The topological polar surface area (TPSA) is 58.1 Å². The molecule has 0 spiro atoms. The lowest BCUT2D eigenvalue weighted by Gasteiger charge is -2.39. The van der Waals surface area contributed by atoms with Crippen LogP contribution in [-0.4, -0.2) is 41.1 Å². The molecular formula is C15H24N4O. The van der Waals surface area contributed by atoms with Gasteiger partial charge in [0.15, 0.2) is 5.69 Å². The van der Waals surface area contributed by atoms with E-state index in [1.54, 1.807) is 20.2 Å². The molecular weight excluding hydrogens is 252 g/mol. The number of nitrogens with zero attached hydrogens (tertiary/aromatic N) is 3. The van der Waals surface area contributed by atoms with Crippen molar-refractivity contribution < 1.29 is 4.79 Å². The minimum Gasteiger partial charge on any atom is -0.365 e. The van der Waals surface area contributed by atoms with E-state index in [4.69, 9.17) is 0 Å². The smallest absolute Gasteiger partial charge is 0.273 e. The first-order valence-corrected chi connectivity index (χ1v) is 7.22. The molecule has 0 aliphatic heterocycles. The van der Waals surface area contributed by atoms with Crippen molar-refractivity contribution >= 4 is 11.7 Å².